The standard InChI is InChI=1S/C30H37F3N4O4S/c1-4-5-15-37-22-17-35-14-11-24(22)42-28(37)36-26(38)21-16-20(30(31,32)33)9-10-23(21)40-41-27(39)25(19(2)3)29(18-34)12-7-6-8-13-29/h9-11,14,16-17,19,25H,4-8,12-13,15,18,34H2,1-3H3/b36-28-/t25-/m1/s1. The fourth-order valence-corrected chi connectivity index (χ4v) is 6.91. The van der Waals surface area contributed by atoms with Crippen LogP contribution in [0.2, 0.25) is 0 Å². The first-order valence-electron chi connectivity index (χ1n) is 14.3. The number of rotatable bonds is 10. The van der Waals surface area contributed by atoms with Crippen molar-refractivity contribution in [3.8, 4) is 5.75 Å². The Bertz CT molecular complexity index is 1480. The van der Waals surface area contributed by atoms with Gasteiger partial charge in [-0.15, -0.1) is 0 Å². The molecule has 2 N–H and O–H groups in total. The van der Waals surface area contributed by atoms with Crippen molar-refractivity contribution in [1.29, 1.82) is 0 Å². The van der Waals surface area contributed by atoms with Gasteiger partial charge in [0.15, 0.2) is 10.6 Å². The van der Waals surface area contributed by atoms with Crippen LogP contribution in [0.15, 0.2) is 41.7 Å². The molecule has 1 aliphatic carbocycles. The second kappa shape index (κ2) is 13.4. The number of nitrogens with zero attached hydrogens (tertiary/aromatic N) is 3. The maximum absolute atomic E-state index is 13.6. The van der Waals surface area contributed by atoms with Crippen molar-refractivity contribution in [1.82, 2.24) is 9.55 Å². The van der Waals surface area contributed by atoms with Crippen molar-refractivity contribution >= 4 is 33.4 Å². The van der Waals surface area contributed by atoms with Crippen molar-refractivity contribution in [2.75, 3.05) is 6.54 Å². The van der Waals surface area contributed by atoms with Crippen molar-refractivity contribution in [2.24, 2.45) is 28.0 Å². The Balaban J connectivity index is 1.69. The molecule has 0 bridgehead atoms. The summed E-state index contributed by atoms with van der Waals surface area (Å²) in [5, 5.41) is 0. The summed E-state index contributed by atoms with van der Waals surface area (Å²) >= 11 is 1.23. The summed E-state index contributed by atoms with van der Waals surface area (Å²) in [6.07, 6.45) is 4.75. The van der Waals surface area contributed by atoms with Crippen molar-refractivity contribution in [3.05, 3.63) is 52.6 Å². The van der Waals surface area contributed by atoms with Gasteiger partial charge < -0.3 is 10.3 Å². The number of aryl methyl sites for hydroxylation is 1. The van der Waals surface area contributed by atoms with Gasteiger partial charge in [0.05, 0.1) is 33.5 Å². The number of carbonyl (C=O) groups is 2. The minimum absolute atomic E-state index is 0.118. The van der Waals surface area contributed by atoms with Crippen molar-refractivity contribution in [3.63, 3.8) is 0 Å². The molecule has 4 rings (SSSR count). The summed E-state index contributed by atoms with van der Waals surface area (Å²) in [6, 6.07) is 4.20. The van der Waals surface area contributed by atoms with Crippen LogP contribution in [0.3, 0.4) is 0 Å². The third-order valence-corrected chi connectivity index (χ3v) is 9.06. The Labute approximate surface area is 246 Å². The summed E-state index contributed by atoms with van der Waals surface area (Å²) in [4.78, 5) is 46.1. The molecule has 12 heteroatoms. The van der Waals surface area contributed by atoms with Crippen LogP contribution in [0, 0.1) is 17.3 Å². The van der Waals surface area contributed by atoms with Gasteiger partial charge in [0.1, 0.15) is 0 Å². The number of unbranched alkanes of at least 4 members (excludes halogenated alkanes) is 1. The van der Waals surface area contributed by atoms with Crippen LogP contribution in [0.1, 0.15) is 81.6 Å². The van der Waals surface area contributed by atoms with Crippen LogP contribution >= 0.6 is 11.3 Å². The van der Waals surface area contributed by atoms with Gasteiger partial charge in [-0.05, 0) is 61.4 Å². The number of aromatic nitrogens is 2. The number of amides is 1. The van der Waals surface area contributed by atoms with E-state index in [9.17, 15) is 22.8 Å². The van der Waals surface area contributed by atoms with E-state index >= 15 is 0 Å². The average molecular weight is 607 g/mol. The van der Waals surface area contributed by atoms with Gasteiger partial charge in [-0.1, -0.05) is 57.8 Å². The van der Waals surface area contributed by atoms with E-state index in [-0.39, 0.29) is 11.7 Å². The quantitative estimate of drug-likeness (QED) is 0.204. The molecule has 1 amide bonds. The normalized spacial score (nSPS) is 16.5. The lowest BCUT2D eigenvalue weighted by Gasteiger charge is -2.43. The molecule has 8 nitrogen and oxygen atoms in total. The first-order chi connectivity index (χ1) is 20.0. The molecule has 0 unspecified atom stereocenters. The highest BCUT2D eigenvalue weighted by Gasteiger charge is 2.46. The number of hydrogen-bond donors (Lipinski definition) is 1. The van der Waals surface area contributed by atoms with Gasteiger partial charge in [-0.2, -0.15) is 18.2 Å². The molecule has 0 radical (unpaired) electrons. The molecule has 228 valence electrons. The van der Waals surface area contributed by atoms with Crippen molar-refractivity contribution < 1.29 is 32.5 Å². The molecule has 2 heterocycles. The summed E-state index contributed by atoms with van der Waals surface area (Å²) < 4.78 is 43.6. The Morgan fingerprint density at radius 2 is 1.93 bits per heavy atom. The molecular formula is C30H37F3N4O4S. The molecule has 1 saturated carbocycles. The van der Waals surface area contributed by atoms with Crippen molar-refractivity contribution in [2.45, 2.75) is 78.4 Å². The molecular weight excluding hydrogens is 569 g/mol. The third kappa shape index (κ3) is 6.86. The zero-order valence-electron chi connectivity index (χ0n) is 24.1. The second-order valence-corrected chi connectivity index (χ2v) is 12.2. The van der Waals surface area contributed by atoms with Crippen LogP contribution < -0.4 is 15.4 Å². The highest BCUT2D eigenvalue weighted by Crippen LogP contribution is 2.45. The number of carbonyl (C=O) groups excluding carboxylic acids is 2. The fraction of sp³-hybridized carbons (Fsp3) is 0.533. The van der Waals surface area contributed by atoms with E-state index in [1.54, 1.807) is 18.5 Å². The van der Waals surface area contributed by atoms with E-state index in [0.717, 1.165) is 67.3 Å². The number of benzene rings is 1. The first kappa shape index (κ1) is 31.7. The zero-order chi connectivity index (χ0) is 30.5. The molecule has 1 fully saturated rings. The summed E-state index contributed by atoms with van der Waals surface area (Å²) in [6.45, 7) is 6.68. The first-order valence-corrected chi connectivity index (χ1v) is 15.1. The van der Waals surface area contributed by atoms with Gasteiger partial charge in [0.25, 0.3) is 5.91 Å². The van der Waals surface area contributed by atoms with Crippen LogP contribution in [0.4, 0.5) is 13.2 Å². The summed E-state index contributed by atoms with van der Waals surface area (Å²) in [5.74, 6) is -2.65. The minimum atomic E-state index is -4.72. The molecule has 42 heavy (non-hydrogen) atoms. The highest BCUT2D eigenvalue weighted by atomic mass is 32.1. The van der Waals surface area contributed by atoms with E-state index < -0.39 is 40.5 Å². The monoisotopic (exact) mass is 606 g/mol. The number of alkyl halides is 3. The van der Waals surface area contributed by atoms with Gasteiger partial charge >= 0.3 is 12.1 Å². The number of thiazole rings is 1. The predicted molar refractivity (Wildman–Crippen MR) is 153 cm³/mol. The van der Waals surface area contributed by atoms with E-state index in [1.165, 1.54) is 11.3 Å². The van der Waals surface area contributed by atoms with Crippen LogP contribution in [-0.2, 0) is 22.4 Å². The maximum Gasteiger partial charge on any atom is 0.416 e. The average Bonchev–Trinajstić information content (AvgIpc) is 3.31. The smallest absolute Gasteiger partial charge is 0.330 e. The SMILES string of the molecule is CCCCn1/c(=N/C(=O)c2cc(C(F)(F)F)ccc2OOC(=O)[C@@H](C(C)C)C2(CN)CCCCC2)sc2ccncc21. The largest absolute Gasteiger partial charge is 0.416 e. The lowest BCUT2D eigenvalue weighted by molar-refractivity contribution is -0.226. The second-order valence-electron chi connectivity index (χ2n) is 11.2. The topological polar surface area (TPSA) is 109 Å². The number of nitrogens with two attached hydrogens (primary N) is 1. The number of pyridine rings is 1. The predicted octanol–water partition coefficient (Wildman–Crippen LogP) is 6.68. The molecule has 1 aromatic carbocycles. The molecule has 0 spiro atoms. The van der Waals surface area contributed by atoms with Crippen LogP contribution in [0.25, 0.3) is 10.2 Å². The van der Waals surface area contributed by atoms with Crippen LogP contribution in [-0.4, -0.2) is 28.0 Å². The summed E-state index contributed by atoms with van der Waals surface area (Å²) in [7, 11) is 0. The van der Waals surface area contributed by atoms with Gasteiger partial charge in [-0.25, -0.2) is 4.79 Å². The number of halogens is 3. The van der Waals surface area contributed by atoms with Gasteiger partial charge in [-0.3, -0.25) is 19.6 Å². The zero-order valence-corrected chi connectivity index (χ0v) is 24.9. The maximum atomic E-state index is 13.6. The molecule has 3 aromatic rings. The lowest BCUT2D eigenvalue weighted by atomic mass is 9.62. The van der Waals surface area contributed by atoms with E-state index in [0.29, 0.717) is 24.0 Å². The molecule has 0 saturated heterocycles. The Kier molecular flexibility index (Phi) is 10.1. The number of hydrogen-bond acceptors (Lipinski definition) is 7. The third-order valence-electron chi connectivity index (χ3n) is 8.00. The van der Waals surface area contributed by atoms with E-state index in [1.807, 2.05) is 25.3 Å². The minimum Gasteiger partial charge on any atom is -0.330 e. The highest BCUT2D eigenvalue weighted by molar-refractivity contribution is 7.16. The lowest BCUT2D eigenvalue weighted by Crippen LogP contribution is -2.46. The van der Waals surface area contributed by atoms with Gasteiger partial charge in [0, 0.05) is 12.7 Å². The Hall–Kier alpha value is -3.25. The van der Waals surface area contributed by atoms with Gasteiger partial charge in [0.2, 0.25) is 0 Å². The Morgan fingerprint density at radius 1 is 1.19 bits per heavy atom. The summed E-state index contributed by atoms with van der Waals surface area (Å²) in [5.41, 5.74) is 4.96. The molecule has 1 atom stereocenters. The molecule has 0 aliphatic heterocycles. The number of fused-ring (bicyclic) bond motifs is 1. The molecule has 2 aromatic heterocycles. The van der Waals surface area contributed by atoms with E-state index in [2.05, 4.69) is 9.98 Å². The fourth-order valence-electron chi connectivity index (χ4n) is 5.89. The molecule has 1 aliphatic rings. The Morgan fingerprint density at radius 3 is 2.57 bits per heavy atom. The van der Waals surface area contributed by atoms with Crippen LogP contribution in [0.5, 0.6) is 5.75 Å². The van der Waals surface area contributed by atoms with E-state index in [4.69, 9.17) is 15.5 Å².